The molecule has 106 valence electrons. The number of aromatic nitrogens is 1. The Kier molecular flexibility index (Phi) is 5.24. The predicted octanol–water partition coefficient (Wildman–Crippen LogP) is 3.81. The van der Waals surface area contributed by atoms with Crippen LogP contribution < -0.4 is 5.32 Å². The van der Waals surface area contributed by atoms with Gasteiger partial charge in [0.05, 0.1) is 0 Å². The van der Waals surface area contributed by atoms with Crippen molar-refractivity contribution in [2.45, 2.75) is 32.7 Å². The number of nitrogens with one attached hydrogen (secondary N) is 1. The Bertz CT molecular complexity index is 540. The summed E-state index contributed by atoms with van der Waals surface area (Å²) in [6, 6.07) is 9.15. The van der Waals surface area contributed by atoms with Crippen molar-refractivity contribution >= 4 is 0 Å². The number of hydrogen-bond acceptors (Lipinski definition) is 2. The van der Waals surface area contributed by atoms with Gasteiger partial charge < -0.3 is 5.32 Å². The predicted molar refractivity (Wildman–Crippen MR) is 80.1 cm³/mol. The van der Waals surface area contributed by atoms with Crippen LogP contribution in [0.4, 0.5) is 4.39 Å². The summed E-state index contributed by atoms with van der Waals surface area (Å²) >= 11 is 0. The summed E-state index contributed by atoms with van der Waals surface area (Å²) in [6.07, 6.45) is 5.49. The highest BCUT2D eigenvalue weighted by atomic mass is 19.1. The molecular weight excluding hydrogens is 251 g/mol. The first-order valence-electron chi connectivity index (χ1n) is 7.09. The Balaban J connectivity index is 2.24. The first kappa shape index (κ1) is 14.7. The molecule has 1 heterocycles. The summed E-state index contributed by atoms with van der Waals surface area (Å²) < 4.78 is 13.5. The van der Waals surface area contributed by atoms with Crippen molar-refractivity contribution in [2.24, 2.45) is 0 Å². The molecule has 1 aromatic heterocycles. The molecule has 1 atom stereocenters. The van der Waals surface area contributed by atoms with E-state index in [0.29, 0.717) is 0 Å². The van der Waals surface area contributed by atoms with Crippen LogP contribution in [0.15, 0.2) is 42.7 Å². The third-order valence-corrected chi connectivity index (χ3v) is 3.45. The SMILES string of the molecule is CCCNC(Cc1ccncc1)c1cc(F)ccc1C. The monoisotopic (exact) mass is 272 g/mol. The smallest absolute Gasteiger partial charge is 0.123 e. The van der Waals surface area contributed by atoms with Gasteiger partial charge in [0.2, 0.25) is 0 Å². The van der Waals surface area contributed by atoms with E-state index in [4.69, 9.17) is 0 Å². The molecule has 1 N–H and O–H groups in total. The minimum Gasteiger partial charge on any atom is -0.310 e. The zero-order valence-corrected chi connectivity index (χ0v) is 12.1. The number of rotatable bonds is 6. The van der Waals surface area contributed by atoms with Crippen molar-refractivity contribution < 1.29 is 4.39 Å². The molecule has 0 aliphatic heterocycles. The van der Waals surface area contributed by atoms with Gasteiger partial charge in [-0.1, -0.05) is 13.0 Å². The molecule has 3 heteroatoms. The van der Waals surface area contributed by atoms with E-state index in [2.05, 4.69) is 17.2 Å². The third kappa shape index (κ3) is 3.87. The van der Waals surface area contributed by atoms with E-state index >= 15 is 0 Å². The molecule has 0 amide bonds. The zero-order chi connectivity index (χ0) is 14.4. The number of hydrogen-bond donors (Lipinski definition) is 1. The second kappa shape index (κ2) is 7.15. The highest BCUT2D eigenvalue weighted by molar-refractivity contribution is 5.31. The van der Waals surface area contributed by atoms with E-state index < -0.39 is 0 Å². The second-order valence-corrected chi connectivity index (χ2v) is 5.07. The first-order chi connectivity index (χ1) is 9.70. The Morgan fingerprint density at radius 2 is 1.95 bits per heavy atom. The molecule has 2 rings (SSSR count). The van der Waals surface area contributed by atoms with Gasteiger partial charge in [0.25, 0.3) is 0 Å². The fraction of sp³-hybridized carbons (Fsp3) is 0.353. The normalized spacial score (nSPS) is 12.3. The molecule has 2 nitrogen and oxygen atoms in total. The molecule has 0 fully saturated rings. The van der Waals surface area contributed by atoms with Gasteiger partial charge in [0.15, 0.2) is 0 Å². The van der Waals surface area contributed by atoms with Gasteiger partial charge in [-0.2, -0.15) is 0 Å². The Morgan fingerprint density at radius 3 is 2.65 bits per heavy atom. The van der Waals surface area contributed by atoms with Crippen molar-refractivity contribution in [1.29, 1.82) is 0 Å². The molecular formula is C17H21FN2. The maximum atomic E-state index is 13.5. The molecule has 0 radical (unpaired) electrons. The molecule has 1 unspecified atom stereocenters. The maximum absolute atomic E-state index is 13.5. The van der Waals surface area contributed by atoms with E-state index in [1.165, 1.54) is 11.6 Å². The van der Waals surface area contributed by atoms with Crippen LogP contribution in [0.25, 0.3) is 0 Å². The molecule has 0 saturated heterocycles. The van der Waals surface area contributed by atoms with E-state index in [0.717, 1.165) is 30.5 Å². The largest absolute Gasteiger partial charge is 0.310 e. The lowest BCUT2D eigenvalue weighted by Crippen LogP contribution is -2.25. The van der Waals surface area contributed by atoms with Gasteiger partial charge >= 0.3 is 0 Å². The topological polar surface area (TPSA) is 24.9 Å². The van der Waals surface area contributed by atoms with Crippen LogP contribution in [0, 0.1) is 12.7 Å². The quantitative estimate of drug-likeness (QED) is 0.865. The van der Waals surface area contributed by atoms with Crippen LogP contribution in [-0.4, -0.2) is 11.5 Å². The third-order valence-electron chi connectivity index (χ3n) is 3.45. The van der Waals surface area contributed by atoms with Crippen LogP contribution in [0.2, 0.25) is 0 Å². The van der Waals surface area contributed by atoms with E-state index in [1.807, 2.05) is 25.1 Å². The molecule has 0 aliphatic rings. The summed E-state index contributed by atoms with van der Waals surface area (Å²) in [4.78, 5) is 4.04. The van der Waals surface area contributed by atoms with Gasteiger partial charge in [-0.05, 0) is 67.3 Å². The summed E-state index contributed by atoms with van der Waals surface area (Å²) in [5.74, 6) is -0.177. The summed E-state index contributed by atoms with van der Waals surface area (Å²) in [5.41, 5.74) is 3.36. The summed E-state index contributed by atoms with van der Waals surface area (Å²) in [5, 5.41) is 3.52. The van der Waals surface area contributed by atoms with Crippen molar-refractivity contribution in [3.63, 3.8) is 0 Å². The van der Waals surface area contributed by atoms with E-state index in [1.54, 1.807) is 18.5 Å². The van der Waals surface area contributed by atoms with Crippen molar-refractivity contribution in [1.82, 2.24) is 10.3 Å². The Hall–Kier alpha value is -1.74. The molecule has 1 aromatic carbocycles. The molecule has 0 bridgehead atoms. The van der Waals surface area contributed by atoms with E-state index in [-0.39, 0.29) is 11.9 Å². The lowest BCUT2D eigenvalue weighted by atomic mass is 9.95. The Labute approximate surface area is 120 Å². The molecule has 2 aromatic rings. The van der Waals surface area contributed by atoms with Crippen LogP contribution in [-0.2, 0) is 6.42 Å². The minimum atomic E-state index is -0.177. The van der Waals surface area contributed by atoms with Crippen LogP contribution >= 0.6 is 0 Å². The lowest BCUT2D eigenvalue weighted by molar-refractivity contribution is 0.522. The number of pyridine rings is 1. The minimum absolute atomic E-state index is 0.132. The molecule has 20 heavy (non-hydrogen) atoms. The highest BCUT2D eigenvalue weighted by Gasteiger charge is 2.14. The summed E-state index contributed by atoms with van der Waals surface area (Å²) in [7, 11) is 0. The summed E-state index contributed by atoms with van der Waals surface area (Å²) in [6.45, 7) is 5.09. The van der Waals surface area contributed by atoms with Crippen molar-refractivity contribution in [2.75, 3.05) is 6.54 Å². The van der Waals surface area contributed by atoms with Crippen LogP contribution in [0.3, 0.4) is 0 Å². The number of halogens is 1. The second-order valence-electron chi connectivity index (χ2n) is 5.07. The standard InChI is InChI=1S/C17H21FN2/c1-3-8-20-17(11-14-6-9-19-10-7-14)16-12-15(18)5-4-13(16)2/h4-7,9-10,12,17,20H,3,8,11H2,1-2H3. The number of nitrogens with zero attached hydrogens (tertiary/aromatic N) is 1. The zero-order valence-electron chi connectivity index (χ0n) is 12.1. The number of aryl methyl sites for hydroxylation is 1. The van der Waals surface area contributed by atoms with Crippen LogP contribution in [0.5, 0.6) is 0 Å². The van der Waals surface area contributed by atoms with Crippen molar-refractivity contribution in [3.05, 3.63) is 65.2 Å². The lowest BCUT2D eigenvalue weighted by Gasteiger charge is -2.21. The molecule has 0 aliphatic carbocycles. The van der Waals surface area contributed by atoms with Crippen LogP contribution in [0.1, 0.15) is 36.1 Å². The van der Waals surface area contributed by atoms with Gasteiger partial charge in [-0.3, -0.25) is 4.98 Å². The highest BCUT2D eigenvalue weighted by Crippen LogP contribution is 2.22. The van der Waals surface area contributed by atoms with Gasteiger partial charge in [0.1, 0.15) is 5.82 Å². The average Bonchev–Trinajstić information content (AvgIpc) is 2.47. The maximum Gasteiger partial charge on any atom is 0.123 e. The fourth-order valence-corrected chi connectivity index (χ4v) is 2.35. The first-order valence-corrected chi connectivity index (χ1v) is 7.09. The fourth-order valence-electron chi connectivity index (χ4n) is 2.35. The van der Waals surface area contributed by atoms with Crippen molar-refractivity contribution in [3.8, 4) is 0 Å². The Morgan fingerprint density at radius 1 is 1.20 bits per heavy atom. The molecule has 0 spiro atoms. The number of benzene rings is 1. The van der Waals surface area contributed by atoms with Gasteiger partial charge in [0, 0.05) is 18.4 Å². The average molecular weight is 272 g/mol. The van der Waals surface area contributed by atoms with E-state index in [9.17, 15) is 4.39 Å². The van der Waals surface area contributed by atoms with Gasteiger partial charge in [-0.25, -0.2) is 4.39 Å². The molecule has 0 saturated carbocycles. The van der Waals surface area contributed by atoms with Gasteiger partial charge in [-0.15, -0.1) is 0 Å².